The van der Waals surface area contributed by atoms with Crippen LogP contribution in [0.4, 0.5) is 0 Å². The molecule has 0 spiro atoms. The first-order valence-electron chi connectivity index (χ1n) is 6.80. The fourth-order valence-corrected chi connectivity index (χ4v) is 1.79. The van der Waals surface area contributed by atoms with Crippen LogP contribution < -0.4 is 16.4 Å². The number of nitrogens with one attached hydrogen (secondary N) is 2. The van der Waals surface area contributed by atoms with E-state index in [0.29, 0.717) is 0 Å². The topological polar surface area (TPSA) is 84.2 Å². The first kappa shape index (κ1) is 16.2. The number of rotatable bonds is 6. The molecule has 2 unspecified atom stereocenters. The van der Waals surface area contributed by atoms with Gasteiger partial charge in [0.2, 0.25) is 11.8 Å². The summed E-state index contributed by atoms with van der Waals surface area (Å²) in [5.74, 6) is -0.422. The fourth-order valence-electron chi connectivity index (χ4n) is 1.79. The molecule has 20 heavy (non-hydrogen) atoms. The first-order chi connectivity index (χ1) is 9.40. The minimum atomic E-state index is -0.562. The van der Waals surface area contributed by atoms with Gasteiger partial charge in [-0.05, 0) is 26.3 Å². The van der Waals surface area contributed by atoms with Crippen molar-refractivity contribution in [3.8, 4) is 0 Å². The zero-order chi connectivity index (χ0) is 15.1. The van der Waals surface area contributed by atoms with E-state index >= 15 is 0 Å². The molecule has 0 aliphatic heterocycles. The molecule has 0 saturated carbocycles. The van der Waals surface area contributed by atoms with Crippen molar-refractivity contribution < 1.29 is 9.59 Å². The molecule has 1 rings (SSSR count). The van der Waals surface area contributed by atoms with E-state index in [1.807, 2.05) is 44.2 Å². The molecule has 5 heteroatoms. The van der Waals surface area contributed by atoms with Gasteiger partial charge in [-0.25, -0.2) is 0 Å². The number of carbonyl (C=O) groups is 2. The Balaban J connectivity index is 2.45. The highest BCUT2D eigenvalue weighted by atomic mass is 16.2. The molecule has 2 atom stereocenters. The van der Waals surface area contributed by atoms with Crippen molar-refractivity contribution in [1.29, 1.82) is 0 Å². The highest BCUT2D eigenvalue weighted by molar-refractivity contribution is 5.87. The molecule has 4 N–H and O–H groups in total. The Morgan fingerprint density at radius 1 is 1.10 bits per heavy atom. The van der Waals surface area contributed by atoms with Crippen LogP contribution in [0.15, 0.2) is 30.3 Å². The number of carbonyl (C=O) groups excluding carboxylic acids is 2. The van der Waals surface area contributed by atoms with Crippen molar-refractivity contribution in [3.63, 3.8) is 0 Å². The first-order valence-corrected chi connectivity index (χ1v) is 6.80. The predicted octanol–water partition coefficient (Wildman–Crippen LogP) is 1.11. The Hall–Kier alpha value is -1.88. The van der Waals surface area contributed by atoms with Crippen LogP contribution in [0.2, 0.25) is 0 Å². The predicted molar refractivity (Wildman–Crippen MR) is 78.9 cm³/mol. The van der Waals surface area contributed by atoms with Gasteiger partial charge in [0.1, 0.15) is 6.04 Å². The van der Waals surface area contributed by atoms with E-state index in [2.05, 4.69) is 10.6 Å². The van der Waals surface area contributed by atoms with Gasteiger partial charge in [-0.15, -0.1) is 0 Å². The maximum absolute atomic E-state index is 11.9. The summed E-state index contributed by atoms with van der Waals surface area (Å²) in [6.07, 6.45) is 0.156. The van der Waals surface area contributed by atoms with Gasteiger partial charge < -0.3 is 16.4 Å². The number of amides is 2. The minimum Gasteiger partial charge on any atom is -0.352 e. The monoisotopic (exact) mass is 277 g/mol. The van der Waals surface area contributed by atoms with Crippen molar-refractivity contribution in [1.82, 2.24) is 10.6 Å². The lowest BCUT2D eigenvalue weighted by Crippen LogP contribution is -2.47. The van der Waals surface area contributed by atoms with E-state index < -0.39 is 6.04 Å². The summed E-state index contributed by atoms with van der Waals surface area (Å²) in [4.78, 5) is 23.5. The molecule has 5 nitrogen and oxygen atoms in total. The number of hydrogen-bond donors (Lipinski definition) is 3. The van der Waals surface area contributed by atoms with Crippen molar-refractivity contribution in [2.24, 2.45) is 5.73 Å². The van der Waals surface area contributed by atoms with Crippen LogP contribution in [0.25, 0.3) is 0 Å². The summed E-state index contributed by atoms with van der Waals surface area (Å²) in [5, 5.41) is 5.40. The second-order valence-electron chi connectivity index (χ2n) is 5.17. The van der Waals surface area contributed by atoms with E-state index in [-0.39, 0.29) is 30.3 Å². The van der Waals surface area contributed by atoms with Crippen LogP contribution in [-0.2, 0) is 9.59 Å². The molecule has 0 aromatic heterocycles. The summed E-state index contributed by atoms with van der Waals surface area (Å²) in [5.41, 5.74) is 6.87. The van der Waals surface area contributed by atoms with Crippen LogP contribution in [-0.4, -0.2) is 23.9 Å². The van der Waals surface area contributed by atoms with Gasteiger partial charge in [0.15, 0.2) is 0 Å². The molecule has 1 aromatic rings. The zero-order valence-corrected chi connectivity index (χ0v) is 12.2. The van der Waals surface area contributed by atoms with E-state index in [1.165, 1.54) is 0 Å². The van der Waals surface area contributed by atoms with Gasteiger partial charge in [-0.3, -0.25) is 9.59 Å². The Bertz CT molecular complexity index is 446. The number of nitrogens with two attached hydrogens (primary N) is 1. The Labute approximate surface area is 119 Å². The molecular weight excluding hydrogens is 254 g/mol. The standard InChI is InChI=1S/C15H23N3O2/c1-10(2)17-15(20)11(3)18-14(19)9-13(16)12-7-5-4-6-8-12/h4-8,10-11,13H,9,16H2,1-3H3,(H,17,20)(H,18,19). The molecule has 0 saturated heterocycles. The van der Waals surface area contributed by atoms with Crippen molar-refractivity contribution in [2.75, 3.05) is 0 Å². The lowest BCUT2D eigenvalue weighted by atomic mass is 10.0. The fraction of sp³-hybridized carbons (Fsp3) is 0.467. The van der Waals surface area contributed by atoms with Crippen LogP contribution in [0, 0.1) is 0 Å². The van der Waals surface area contributed by atoms with Gasteiger partial charge >= 0.3 is 0 Å². The Morgan fingerprint density at radius 2 is 1.70 bits per heavy atom. The molecule has 0 radical (unpaired) electrons. The summed E-state index contributed by atoms with van der Waals surface area (Å²) >= 11 is 0. The second-order valence-corrected chi connectivity index (χ2v) is 5.17. The Morgan fingerprint density at radius 3 is 2.25 bits per heavy atom. The molecule has 1 aromatic carbocycles. The highest BCUT2D eigenvalue weighted by Gasteiger charge is 2.18. The molecule has 0 aliphatic carbocycles. The van der Waals surface area contributed by atoms with Gasteiger partial charge in [-0.1, -0.05) is 30.3 Å². The van der Waals surface area contributed by atoms with Crippen molar-refractivity contribution in [3.05, 3.63) is 35.9 Å². The summed E-state index contributed by atoms with van der Waals surface area (Å²) in [6, 6.07) is 8.55. The normalized spacial score (nSPS) is 13.7. The lowest BCUT2D eigenvalue weighted by molar-refractivity contribution is -0.129. The largest absolute Gasteiger partial charge is 0.352 e. The number of benzene rings is 1. The van der Waals surface area contributed by atoms with Crippen molar-refractivity contribution >= 4 is 11.8 Å². The zero-order valence-electron chi connectivity index (χ0n) is 12.2. The lowest BCUT2D eigenvalue weighted by Gasteiger charge is -2.17. The maximum atomic E-state index is 11.9. The summed E-state index contributed by atoms with van der Waals surface area (Å²) in [7, 11) is 0. The summed E-state index contributed by atoms with van der Waals surface area (Å²) < 4.78 is 0. The maximum Gasteiger partial charge on any atom is 0.242 e. The van der Waals surface area contributed by atoms with Crippen LogP contribution in [0.3, 0.4) is 0 Å². The van der Waals surface area contributed by atoms with E-state index in [1.54, 1.807) is 6.92 Å². The van der Waals surface area contributed by atoms with Crippen LogP contribution in [0.1, 0.15) is 38.8 Å². The number of hydrogen-bond acceptors (Lipinski definition) is 3. The quantitative estimate of drug-likeness (QED) is 0.728. The molecule has 0 aliphatic rings. The minimum absolute atomic E-state index is 0.0495. The van der Waals surface area contributed by atoms with Crippen molar-refractivity contribution in [2.45, 2.75) is 45.3 Å². The third-order valence-corrected chi connectivity index (χ3v) is 2.83. The molecule has 0 fully saturated rings. The van der Waals surface area contributed by atoms with Gasteiger partial charge in [0.25, 0.3) is 0 Å². The SMILES string of the molecule is CC(C)NC(=O)C(C)NC(=O)CC(N)c1ccccc1. The average molecular weight is 277 g/mol. The highest BCUT2D eigenvalue weighted by Crippen LogP contribution is 2.12. The average Bonchev–Trinajstić information content (AvgIpc) is 2.38. The van der Waals surface area contributed by atoms with Crippen LogP contribution in [0.5, 0.6) is 0 Å². The van der Waals surface area contributed by atoms with E-state index in [9.17, 15) is 9.59 Å². The molecular formula is C15H23N3O2. The van der Waals surface area contributed by atoms with E-state index in [4.69, 9.17) is 5.73 Å². The summed E-state index contributed by atoms with van der Waals surface area (Å²) in [6.45, 7) is 5.40. The molecule has 2 amide bonds. The van der Waals surface area contributed by atoms with Gasteiger partial charge in [0.05, 0.1) is 0 Å². The second kappa shape index (κ2) is 7.65. The smallest absolute Gasteiger partial charge is 0.242 e. The van der Waals surface area contributed by atoms with Gasteiger partial charge in [0, 0.05) is 18.5 Å². The Kier molecular flexibility index (Phi) is 6.18. The van der Waals surface area contributed by atoms with E-state index in [0.717, 1.165) is 5.56 Å². The van der Waals surface area contributed by atoms with Crippen LogP contribution >= 0.6 is 0 Å². The third kappa shape index (κ3) is 5.40. The van der Waals surface area contributed by atoms with Gasteiger partial charge in [-0.2, -0.15) is 0 Å². The molecule has 110 valence electrons. The molecule has 0 bridgehead atoms. The molecule has 0 heterocycles. The third-order valence-electron chi connectivity index (χ3n) is 2.83.